The Morgan fingerprint density at radius 1 is 1.33 bits per heavy atom. The molecule has 1 fully saturated rings. The highest BCUT2D eigenvalue weighted by molar-refractivity contribution is 6.30. The molecule has 3 N–H and O–H groups in total. The van der Waals surface area contributed by atoms with Crippen LogP contribution in [0.1, 0.15) is 38.0 Å². The zero-order valence-electron chi connectivity index (χ0n) is 13.4. The van der Waals surface area contributed by atoms with Gasteiger partial charge < -0.3 is 15.6 Å². The first-order valence-corrected chi connectivity index (χ1v) is 8.60. The zero-order valence-corrected chi connectivity index (χ0v) is 14.2. The van der Waals surface area contributed by atoms with Crippen LogP contribution in [0.2, 0.25) is 5.02 Å². The minimum Gasteiger partial charge on any atom is -0.354 e. The van der Waals surface area contributed by atoms with Gasteiger partial charge in [-0.25, -0.2) is 0 Å². The van der Waals surface area contributed by atoms with Gasteiger partial charge in [0.05, 0.1) is 5.54 Å². The van der Waals surface area contributed by atoms with Gasteiger partial charge in [-0.15, -0.1) is 0 Å². The average Bonchev–Trinajstić information content (AvgIpc) is 3.04. The van der Waals surface area contributed by atoms with Gasteiger partial charge in [-0.2, -0.15) is 4.98 Å². The molecule has 0 spiro atoms. The first kappa shape index (κ1) is 16.9. The molecule has 0 aliphatic heterocycles. The molecule has 0 bridgehead atoms. The van der Waals surface area contributed by atoms with Gasteiger partial charge >= 0.3 is 0 Å². The smallest absolute Gasteiger partial charge is 0.240 e. The molecule has 1 saturated carbocycles. The number of carbonyl (C=O) groups excluding carboxylic acids is 1. The Balaban J connectivity index is 1.53. The predicted molar refractivity (Wildman–Crippen MR) is 91.5 cm³/mol. The summed E-state index contributed by atoms with van der Waals surface area (Å²) in [6.07, 6.45) is 5.14. The van der Waals surface area contributed by atoms with Crippen molar-refractivity contribution >= 4 is 17.5 Å². The second-order valence-electron chi connectivity index (χ2n) is 6.24. The molecule has 6 nitrogen and oxygen atoms in total. The van der Waals surface area contributed by atoms with Gasteiger partial charge in [0.25, 0.3) is 0 Å². The van der Waals surface area contributed by atoms with Crippen LogP contribution < -0.4 is 11.1 Å². The summed E-state index contributed by atoms with van der Waals surface area (Å²) in [6, 6.07) is 7.26. The van der Waals surface area contributed by atoms with Crippen LogP contribution in [-0.4, -0.2) is 28.1 Å². The van der Waals surface area contributed by atoms with Gasteiger partial charge in [0, 0.05) is 23.6 Å². The van der Waals surface area contributed by atoms with E-state index in [0.29, 0.717) is 29.7 Å². The minimum absolute atomic E-state index is 0.0863. The van der Waals surface area contributed by atoms with Gasteiger partial charge in [-0.05, 0) is 25.0 Å². The number of halogens is 1. The molecule has 0 unspecified atom stereocenters. The molecule has 0 radical (unpaired) electrons. The maximum atomic E-state index is 12.3. The van der Waals surface area contributed by atoms with Crippen molar-refractivity contribution in [3.05, 3.63) is 35.2 Å². The lowest BCUT2D eigenvalue weighted by Gasteiger charge is -2.31. The van der Waals surface area contributed by atoms with Crippen molar-refractivity contribution in [1.29, 1.82) is 0 Å². The number of nitrogens with one attached hydrogen (secondary N) is 1. The number of nitrogens with two attached hydrogens (primary N) is 1. The lowest BCUT2D eigenvalue weighted by atomic mass is 9.82. The van der Waals surface area contributed by atoms with E-state index >= 15 is 0 Å². The molecule has 1 aliphatic rings. The summed E-state index contributed by atoms with van der Waals surface area (Å²) in [4.78, 5) is 16.6. The fourth-order valence-corrected chi connectivity index (χ4v) is 3.16. The maximum Gasteiger partial charge on any atom is 0.240 e. The Hall–Kier alpha value is -1.92. The van der Waals surface area contributed by atoms with Crippen molar-refractivity contribution in [2.24, 2.45) is 5.73 Å². The van der Waals surface area contributed by atoms with Crippen molar-refractivity contribution in [1.82, 2.24) is 15.5 Å². The van der Waals surface area contributed by atoms with Crippen LogP contribution in [0.15, 0.2) is 28.8 Å². The van der Waals surface area contributed by atoms with Crippen molar-refractivity contribution in [2.75, 3.05) is 6.54 Å². The molecule has 0 atom stereocenters. The monoisotopic (exact) mass is 348 g/mol. The molecule has 1 aromatic carbocycles. The van der Waals surface area contributed by atoms with E-state index in [1.807, 2.05) is 12.1 Å². The van der Waals surface area contributed by atoms with Gasteiger partial charge in [0.15, 0.2) is 0 Å². The van der Waals surface area contributed by atoms with Crippen LogP contribution in [0, 0.1) is 0 Å². The summed E-state index contributed by atoms with van der Waals surface area (Å²) in [5.74, 6) is 0.873. The Kier molecular flexibility index (Phi) is 5.16. The summed E-state index contributed by atoms with van der Waals surface area (Å²) < 4.78 is 5.22. The highest BCUT2D eigenvalue weighted by Gasteiger charge is 2.34. The molecule has 1 amide bonds. The van der Waals surface area contributed by atoms with Crippen molar-refractivity contribution < 1.29 is 9.32 Å². The van der Waals surface area contributed by atoms with E-state index in [4.69, 9.17) is 21.9 Å². The fraction of sp³-hybridized carbons (Fsp3) is 0.471. The molecule has 0 saturated heterocycles. The zero-order chi connectivity index (χ0) is 17.0. The number of benzene rings is 1. The molecule has 24 heavy (non-hydrogen) atoms. The van der Waals surface area contributed by atoms with E-state index in [1.54, 1.807) is 12.1 Å². The number of nitrogens with zero attached hydrogens (tertiary/aromatic N) is 2. The molecular weight excluding hydrogens is 328 g/mol. The fourth-order valence-electron chi connectivity index (χ4n) is 2.97. The van der Waals surface area contributed by atoms with Crippen LogP contribution >= 0.6 is 11.6 Å². The summed E-state index contributed by atoms with van der Waals surface area (Å²) >= 11 is 5.96. The molecular formula is C17H21ClN4O2. The number of aromatic nitrogens is 2. The van der Waals surface area contributed by atoms with E-state index < -0.39 is 5.54 Å². The largest absolute Gasteiger partial charge is 0.354 e. The van der Waals surface area contributed by atoms with Gasteiger partial charge in [0.2, 0.25) is 17.6 Å². The highest BCUT2D eigenvalue weighted by Crippen LogP contribution is 2.26. The Morgan fingerprint density at radius 3 is 2.88 bits per heavy atom. The van der Waals surface area contributed by atoms with E-state index in [9.17, 15) is 4.79 Å². The summed E-state index contributed by atoms with van der Waals surface area (Å²) in [5, 5.41) is 7.45. The Morgan fingerprint density at radius 2 is 2.12 bits per heavy atom. The quantitative estimate of drug-likeness (QED) is 0.866. The topological polar surface area (TPSA) is 94.0 Å². The van der Waals surface area contributed by atoms with Crippen LogP contribution in [0.4, 0.5) is 0 Å². The molecule has 1 aromatic heterocycles. The lowest BCUT2D eigenvalue weighted by Crippen LogP contribution is -2.55. The Bertz CT molecular complexity index is 710. The Labute approximate surface area is 145 Å². The number of rotatable bonds is 5. The average molecular weight is 349 g/mol. The van der Waals surface area contributed by atoms with E-state index in [2.05, 4.69) is 15.5 Å². The molecule has 1 aliphatic carbocycles. The van der Waals surface area contributed by atoms with Gasteiger partial charge in [-0.3, -0.25) is 4.79 Å². The highest BCUT2D eigenvalue weighted by atomic mass is 35.5. The number of carbonyl (C=O) groups is 1. The molecule has 3 rings (SSSR count). The number of hydrogen-bond acceptors (Lipinski definition) is 5. The van der Waals surface area contributed by atoms with Crippen molar-refractivity contribution in [2.45, 2.75) is 44.1 Å². The third kappa shape index (κ3) is 3.94. The molecule has 1 heterocycles. The second-order valence-corrected chi connectivity index (χ2v) is 6.68. The van der Waals surface area contributed by atoms with Gasteiger partial charge in [-0.1, -0.05) is 48.2 Å². The van der Waals surface area contributed by atoms with Crippen molar-refractivity contribution in [3.8, 4) is 11.4 Å². The summed E-state index contributed by atoms with van der Waals surface area (Å²) in [7, 11) is 0. The predicted octanol–water partition coefficient (Wildman–Crippen LogP) is 2.71. The van der Waals surface area contributed by atoms with Crippen LogP contribution in [-0.2, 0) is 11.2 Å². The van der Waals surface area contributed by atoms with Crippen LogP contribution in [0.3, 0.4) is 0 Å². The second kappa shape index (κ2) is 7.32. The van der Waals surface area contributed by atoms with E-state index in [-0.39, 0.29) is 5.91 Å². The SMILES string of the molecule is NC1(C(=O)NCCc2nc(-c3cccc(Cl)c3)no2)CCCCC1. The molecule has 128 valence electrons. The van der Waals surface area contributed by atoms with Gasteiger partial charge in [0.1, 0.15) is 0 Å². The molecule has 2 aromatic rings. The molecule has 7 heteroatoms. The number of hydrogen-bond donors (Lipinski definition) is 2. The third-order valence-corrected chi connectivity index (χ3v) is 4.61. The van der Waals surface area contributed by atoms with Crippen molar-refractivity contribution in [3.63, 3.8) is 0 Å². The van der Waals surface area contributed by atoms with E-state index in [1.165, 1.54) is 0 Å². The standard InChI is InChI=1S/C17H21ClN4O2/c18-13-6-4-5-12(11-13)15-21-14(24-22-15)7-10-20-16(23)17(19)8-2-1-3-9-17/h4-6,11H,1-3,7-10,19H2,(H,20,23). The van der Waals surface area contributed by atoms with Crippen LogP contribution in [0.5, 0.6) is 0 Å². The van der Waals surface area contributed by atoms with Crippen LogP contribution in [0.25, 0.3) is 11.4 Å². The first-order valence-electron chi connectivity index (χ1n) is 8.22. The number of amides is 1. The van der Waals surface area contributed by atoms with E-state index in [0.717, 1.165) is 37.7 Å². The maximum absolute atomic E-state index is 12.3. The minimum atomic E-state index is -0.723. The summed E-state index contributed by atoms with van der Waals surface area (Å²) in [6.45, 7) is 0.426. The lowest BCUT2D eigenvalue weighted by molar-refractivity contribution is -0.127. The normalized spacial score (nSPS) is 16.8. The first-order chi connectivity index (χ1) is 11.6. The summed E-state index contributed by atoms with van der Waals surface area (Å²) in [5.41, 5.74) is 6.27. The third-order valence-electron chi connectivity index (χ3n) is 4.37.